The summed E-state index contributed by atoms with van der Waals surface area (Å²) in [7, 11) is 0. The SMILES string of the molecule is Cl.NCC1CCCC1NC(=O)C1CCCN(C(=O)c2ccccc2)C1. The fraction of sp³-hybridized carbons (Fsp3) is 0.579. The van der Waals surface area contributed by atoms with Crippen LogP contribution >= 0.6 is 12.4 Å². The zero-order chi connectivity index (χ0) is 16.9. The molecule has 1 saturated carbocycles. The van der Waals surface area contributed by atoms with Gasteiger partial charge in [0.15, 0.2) is 0 Å². The number of nitrogens with zero attached hydrogens (tertiary/aromatic N) is 1. The van der Waals surface area contributed by atoms with E-state index >= 15 is 0 Å². The molecule has 1 saturated heterocycles. The minimum absolute atomic E-state index is 0. The molecule has 6 heteroatoms. The fourth-order valence-corrected chi connectivity index (χ4v) is 3.95. The van der Waals surface area contributed by atoms with Gasteiger partial charge in [0, 0.05) is 24.7 Å². The molecule has 25 heavy (non-hydrogen) atoms. The molecular formula is C19H28ClN3O2. The van der Waals surface area contributed by atoms with E-state index in [1.165, 1.54) is 0 Å². The summed E-state index contributed by atoms with van der Waals surface area (Å²) in [5.74, 6) is 0.407. The van der Waals surface area contributed by atoms with Gasteiger partial charge in [-0.1, -0.05) is 24.6 Å². The number of rotatable bonds is 4. The summed E-state index contributed by atoms with van der Waals surface area (Å²) in [4.78, 5) is 27.0. The van der Waals surface area contributed by atoms with Crippen molar-refractivity contribution < 1.29 is 9.59 Å². The summed E-state index contributed by atoms with van der Waals surface area (Å²) in [6, 6.07) is 9.51. The third-order valence-electron chi connectivity index (χ3n) is 5.39. The topological polar surface area (TPSA) is 75.4 Å². The van der Waals surface area contributed by atoms with Crippen LogP contribution in [-0.2, 0) is 4.79 Å². The molecule has 0 bridgehead atoms. The normalized spacial score (nSPS) is 26.0. The molecule has 138 valence electrons. The van der Waals surface area contributed by atoms with E-state index < -0.39 is 0 Å². The number of carbonyl (C=O) groups excluding carboxylic acids is 2. The zero-order valence-electron chi connectivity index (χ0n) is 14.5. The minimum Gasteiger partial charge on any atom is -0.353 e. The zero-order valence-corrected chi connectivity index (χ0v) is 15.3. The minimum atomic E-state index is -0.106. The largest absolute Gasteiger partial charge is 0.353 e. The summed E-state index contributed by atoms with van der Waals surface area (Å²) >= 11 is 0. The van der Waals surface area contributed by atoms with Crippen LogP contribution in [0.4, 0.5) is 0 Å². The summed E-state index contributed by atoms with van der Waals surface area (Å²) < 4.78 is 0. The predicted octanol–water partition coefficient (Wildman–Crippen LogP) is 2.20. The van der Waals surface area contributed by atoms with Gasteiger partial charge in [0.2, 0.25) is 5.91 Å². The number of amides is 2. The first-order valence-electron chi connectivity index (χ1n) is 9.04. The van der Waals surface area contributed by atoms with Crippen LogP contribution in [0.15, 0.2) is 30.3 Å². The lowest BCUT2D eigenvalue weighted by molar-refractivity contribution is -0.127. The number of hydrogen-bond donors (Lipinski definition) is 2. The van der Waals surface area contributed by atoms with Crippen LogP contribution in [0.5, 0.6) is 0 Å². The van der Waals surface area contributed by atoms with Crippen molar-refractivity contribution in [1.82, 2.24) is 10.2 Å². The Kier molecular flexibility index (Phi) is 7.26. The van der Waals surface area contributed by atoms with Gasteiger partial charge in [0.1, 0.15) is 0 Å². The van der Waals surface area contributed by atoms with Gasteiger partial charge in [-0.25, -0.2) is 0 Å². The van der Waals surface area contributed by atoms with Crippen LogP contribution in [0.25, 0.3) is 0 Å². The van der Waals surface area contributed by atoms with E-state index in [1.54, 1.807) is 0 Å². The first-order chi connectivity index (χ1) is 11.7. The van der Waals surface area contributed by atoms with E-state index in [2.05, 4.69) is 5.32 Å². The number of carbonyl (C=O) groups is 2. The van der Waals surface area contributed by atoms with Crippen molar-refractivity contribution in [2.75, 3.05) is 19.6 Å². The second kappa shape index (κ2) is 9.20. The lowest BCUT2D eigenvalue weighted by Crippen LogP contribution is -2.48. The Balaban J connectivity index is 0.00000225. The van der Waals surface area contributed by atoms with Crippen molar-refractivity contribution in [3.8, 4) is 0 Å². The molecular weight excluding hydrogens is 338 g/mol. The summed E-state index contributed by atoms with van der Waals surface area (Å²) in [6.07, 6.45) is 4.99. The van der Waals surface area contributed by atoms with Gasteiger partial charge in [-0.3, -0.25) is 9.59 Å². The van der Waals surface area contributed by atoms with Gasteiger partial charge in [0.05, 0.1) is 5.92 Å². The van der Waals surface area contributed by atoms with Crippen molar-refractivity contribution in [1.29, 1.82) is 0 Å². The highest BCUT2D eigenvalue weighted by Gasteiger charge is 2.33. The Morgan fingerprint density at radius 2 is 1.88 bits per heavy atom. The van der Waals surface area contributed by atoms with E-state index in [-0.39, 0.29) is 36.2 Å². The van der Waals surface area contributed by atoms with Crippen molar-refractivity contribution in [3.63, 3.8) is 0 Å². The van der Waals surface area contributed by atoms with Crippen LogP contribution < -0.4 is 11.1 Å². The van der Waals surface area contributed by atoms with Gasteiger partial charge < -0.3 is 16.0 Å². The molecule has 1 aromatic rings. The van der Waals surface area contributed by atoms with Gasteiger partial charge >= 0.3 is 0 Å². The molecule has 2 amide bonds. The second-order valence-electron chi connectivity index (χ2n) is 7.00. The number of nitrogens with two attached hydrogens (primary N) is 1. The number of likely N-dealkylation sites (tertiary alicyclic amines) is 1. The standard InChI is InChI=1S/C19H27N3O2.ClH/c20-12-15-8-4-10-17(15)21-18(23)16-9-5-11-22(13-16)19(24)14-6-2-1-3-7-14;/h1-3,6-7,15-17H,4-5,8-13,20H2,(H,21,23);1H. The second-order valence-corrected chi connectivity index (χ2v) is 7.00. The summed E-state index contributed by atoms with van der Waals surface area (Å²) in [5, 5.41) is 3.19. The molecule has 1 aromatic carbocycles. The maximum Gasteiger partial charge on any atom is 0.253 e. The van der Waals surface area contributed by atoms with E-state index in [0.717, 1.165) is 38.6 Å². The Bertz CT molecular complexity index is 581. The number of benzene rings is 1. The molecule has 1 heterocycles. The van der Waals surface area contributed by atoms with E-state index in [9.17, 15) is 9.59 Å². The first kappa shape index (κ1) is 19.7. The molecule has 2 aliphatic rings. The highest BCUT2D eigenvalue weighted by molar-refractivity contribution is 5.94. The molecule has 3 N–H and O–H groups in total. The van der Waals surface area contributed by atoms with Crippen molar-refractivity contribution in [3.05, 3.63) is 35.9 Å². The van der Waals surface area contributed by atoms with Gasteiger partial charge in [-0.2, -0.15) is 0 Å². The van der Waals surface area contributed by atoms with Gasteiger partial charge in [-0.15, -0.1) is 12.4 Å². The van der Waals surface area contributed by atoms with E-state index in [4.69, 9.17) is 5.73 Å². The lowest BCUT2D eigenvalue weighted by atomic mass is 9.95. The quantitative estimate of drug-likeness (QED) is 0.858. The monoisotopic (exact) mass is 365 g/mol. The van der Waals surface area contributed by atoms with Crippen molar-refractivity contribution in [2.45, 2.75) is 38.1 Å². The molecule has 1 aliphatic carbocycles. The van der Waals surface area contributed by atoms with Crippen LogP contribution in [0.3, 0.4) is 0 Å². The third kappa shape index (κ3) is 4.73. The Labute approximate surface area is 155 Å². The molecule has 5 nitrogen and oxygen atoms in total. The average Bonchev–Trinajstić information content (AvgIpc) is 3.09. The molecule has 1 aliphatic heterocycles. The Morgan fingerprint density at radius 3 is 2.60 bits per heavy atom. The molecule has 3 rings (SSSR count). The molecule has 0 aromatic heterocycles. The number of nitrogens with one attached hydrogen (secondary N) is 1. The molecule has 3 unspecified atom stereocenters. The van der Waals surface area contributed by atoms with Gasteiger partial charge in [0.25, 0.3) is 5.91 Å². The smallest absolute Gasteiger partial charge is 0.253 e. The summed E-state index contributed by atoms with van der Waals surface area (Å²) in [5.41, 5.74) is 6.49. The maximum atomic E-state index is 12.6. The van der Waals surface area contributed by atoms with Crippen LogP contribution in [0.1, 0.15) is 42.5 Å². The van der Waals surface area contributed by atoms with Crippen molar-refractivity contribution in [2.24, 2.45) is 17.6 Å². The van der Waals surface area contributed by atoms with E-state index in [0.29, 0.717) is 24.6 Å². The van der Waals surface area contributed by atoms with E-state index in [1.807, 2.05) is 35.2 Å². The molecule has 0 radical (unpaired) electrons. The van der Waals surface area contributed by atoms with Crippen LogP contribution in [0.2, 0.25) is 0 Å². The summed E-state index contributed by atoms with van der Waals surface area (Å²) in [6.45, 7) is 1.88. The predicted molar refractivity (Wildman–Crippen MR) is 101 cm³/mol. The highest BCUT2D eigenvalue weighted by Crippen LogP contribution is 2.26. The Morgan fingerprint density at radius 1 is 1.12 bits per heavy atom. The Hall–Kier alpha value is -1.59. The molecule has 3 atom stereocenters. The molecule has 2 fully saturated rings. The van der Waals surface area contributed by atoms with Gasteiger partial charge in [-0.05, 0) is 50.3 Å². The molecule has 0 spiro atoms. The number of halogens is 1. The van der Waals surface area contributed by atoms with Crippen LogP contribution in [-0.4, -0.2) is 42.4 Å². The highest BCUT2D eigenvalue weighted by atomic mass is 35.5. The number of piperidine rings is 1. The maximum absolute atomic E-state index is 12.6. The number of hydrogen-bond acceptors (Lipinski definition) is 3. The van der Waals surface area contributed by atoms with Crippen molar-refractivity contribution >= 4 is 24.2 Å². The third-order valence-corrected chi connectivity index (χ3v) is 5.39. The van der Waals surface area contributed by atoms with Crippen LogP contribution in [0, 0.1) is 11.8 Å². The fourth-order valence-electron chi connectivity index (χ4n) is 3.95. The average molecular weight is 366 g/mol. The first-order valence-corrected chi connectivity index (χ1v) is 9.04. The lowest BCUT2D eigenvalue weighted by Gasteiger charge is -2.33.